The van der Waals surface area contributed by atoms with Crippen LogP contribution in [-0.2, 0) is 0 Å². The SMILES string of the molecule is COc1ccc(O)c(C(C)Nc2cccc3n[se]nc23)c1. The predicted molar refractivity (Wildman–Crippen MR) is 83.2 cm³/mol. The van der Waals surface area contributed by atoms with Crippen LogP contribution in [0.1, 0.15) is 18.5 Å². The van der Waals surface area contributed by atoms with Gasteiger partial charge in [-0.2, -0.15) is 0 Å². The number of hydrogen-bond donors (Lipinski definition) is 2. The summed E-state index contributed by atoms with van der Waals surface area (Å²) >= 11 is -0.0541. The summed E-state index contributed by atoms with van der Waals surface area (Å²) in [6.07, 6.45) is 0. The Bertz CT molecular complexity index is 772. The molecule has 6 heteroatoms. The number of phenols is 1. The molecule has 0 fully saturated rings. The number of anilines is 1. The molecule has 1 unspecified atom stereocenters. The molecule has 3 rings (SSSR count). The number of aromatic hydroxyl groups is 1. The predicted octanol–water partition coefficient (Wildman–Crippen LogP) is 2.57. The number of benzene rings is 2. The molecule has 1 aromatic heterocycles. The zero-order valence-electron chi connectivity index (χ0n) is 11.7. The third kappa shape index (κ3) is 2.73. The molecule has 21 heavy (non-hydrogen) atoms. The van der Waals surface area contributed by atoms with Crippen molar-refractivity contribution in [2.75, 3.05) is 12.4 Å². The summed E-state index contributed by atoms with van der Waals surface area (Å²) in [5, 5.41) is 13.4. The van der Waals surface area contributed by atoms with Gasteiger partial charge in [-0.1, -0.05) is 0 Å². The second kappa shape index (κ2) is 5.76. The van der Waals surface area contributed by atoms with Gasteiger partial charge in [0.2, 0.25) is 0 Å². The van der Waals surface area contributed by atoms with Crippen LogP contribution < -0.4 is 10.1 Å². The zero-order valence-corrected chi connectivity index (χ0v) is 13.4. The fourth-order valence-electron chi connectivity index (χ4n) is 2.24. The molecule has 2 N–H and O–H groups in total. The van der Waals surface area contributed by atoms with E-state index in [1.54, 1.807) is 19.2 Å². The summed E-state index contributed by atoms with van der Waals surface area (Å²) in [4.78, 5) is 0. The van der Waals surface area contributed by atoms with Gasteiger partial charge in [-0.05, 0) is 0 Å². The summed E-state index contributed by atoms with van der Waals surface area (Å²) in [7, 11) is 1.61. The van der Waals surface area contributed by atoms with E-state index in [0.717, 1.165) is 28.0 Å². The third-order valence-corrected chi connectivity index (χ3v) is 4.50. The van der Waals surface area contributed by atoms with Crippen molar-refractivity contribution in [3.63, 3.8) is 0 Å². The van der Waals surface area contributed by atoms with E-state index in [1.807, 2.05) is 31.2 Å². The van der Waals surface area contributed by atoms with Crippen LogP contribution in [0.3, 0.4) is 0 Å². The number of ether oxygens (including phenoxy) is 1. The van der Waals surface area contributed by atoms with Gasteiger partial charge >= 0.3 is 128 Å². The molecule has 5 nitrogen and oxygen atoms in total. The first-order valence-corrected chi connectivity index (χ1v) is 8.07. The van der Waals surface area contributed by atoms with Gasteiger partial charge in [0.15, 0.2) is 0 Å². The summed E-state index contributed by atoms with van der Waals surface area (Å²) in [5.74, 6) is 0.965. The van der Waals surface area contributed by atoms with Gasteiger partial charge in [-0.25, -0.2) is 0 Å². The minimum absolute atomic E-state index is 0.0541. The summed E-state index contributed by atoms with van der Waals surface area (Å²) in [6, 6.07) is 11.0. The first-order chi connectivity index (χ1) is 10.2. The van der Waals surface area contributed by atoms with Crippen molar-refractivity contribution in [2.24, 2.45) is 0 Å². The molecule has 0 radical (unpaired) electrons. The molecule has 0 amide bonds. The minimum atomic E-state index is -0.0742. The fourth-order valence-corrected chi connectivity index (χ4v) is 3.39. The monoisotopic (exact) mass is 349 g/mol. The Kier molecular flexibility index (Phi) is 3.81. The fraction of sp³-hybridized carbons (Fsp3) is 0.200. The van der Waals surface area contributed by atoms with E-state index in [2.05, 4.69) is 13.3 Å². The Morgan fingerprint density at radius 1 is 1.24 bits per heavy atom. The van der Waals surface area contributed by atoms with Gasteiger partial charge in [0.1, 0.15) is 0 Å². The van der Waals surface area contributed by atoms with E-state index in [-0.39, 0.29) is 26.8 Å². The number of fused-ring (bicyclic) bond motifs is 1. The Morgan fingerprint density at radius 2 is 2.10 bits per heavy atom. The van der Waals surface area contributed by atoms with Gasteiger partial charge in [0.05, 0.1) is 0 Å². The normalized spacial score (nSPS) is 12.3. The molecular formula is C15H15N3O2Se. The quantitative estimate of drug-likeness (QED) is 0.710. The zero-order chi connectivity index (χ0) is 14.8. The van der Waals surface area contributed by atoms with Crippen LogP contribution >= 0.6 is 0 Å². The van der Waals surface area contributed by atoms with E-state index in [1.165, 1.54) is 0 Å². The number of hydrogen-bond acceptors (Lipinski definition) is 5. The van der Waals surface area contributed by atoms with Gasteiger partial charge in [0, 0.05) is 0 Å². The Labute approximate surface area is 128 Å². The number of rotatable bonds is 4. The van der Waals surface area contributed by atoms with E-state index in [0.29, 0.717) is 0 Å². The van der Waals surface area contributed by atoms with Gasteiger partial charge in [-0.15, -0.1) is 0 Å². The molecule has 1 heterocycles. The van der Waals surface area contributed by atoms with Crippen LogP contribution in [0.4, 0.5) is 5.69 Å². The molecule has 0 aliphatic rings. The molecule has 0 aliphatic carbocycles. The van der Waals surface area contributed by atoms with Crippen LogP contribution in [-0.4, -0.2) is 35.1 Å². The van der Waals surface area contributed by atoms with E-state index < -0.39 is 0 Å². The maximum absolute atomic E-state index is 10.0. The average molecular weight is 348 g/mol. The van der Waals surface area contributed by atoms with E-state index in [9.17, 15) is 5.11 Å². The topological polar surface area (TPSA) is 67.3 Å². The van der Waals surface area contributed by atoms with Crippen LogP contribution in [0.15, 0.2) is 36.4 Å². The average Bonchev–Trinajstić information content (AvgIpc) is 2.97. The maximum atomic E-state index is 10.0. The van der Waals surface area contributed by atoms with Gasteiger partial charge in [0.25, 0.3) is 0 Å². The Hall–Kier alpha value is -2.04. The molecule has 0 saturated carbocycles. The number of aromatic nitrogens is 2. The third-order valence-electron chi connectivity index (χ3n) is 3.36. The molecule has 0 bridgehead atoms. The second-order valence-electron chi connectivity index (χ2n) is 4.73. The van der Waals surface area contributed by atoms with Crippen molar-refractivity contribution < 1.29 is 9.84 Å². The second-order valence-corrected chi connectivity index (χ2v) is 5.84. The molecule has 0 saturated heterocycles. The first kappa shape index (κ1) is 13.9. The Balaban J connectivity index is 1.93. The van der Waals surface area contributed by atoms with Crippen molar-refractivity contribution in [3.8, 4) is 11.5 Å². The molecule has 3 aromatic rings. The summed E-state index contributed by atoms with van der Waals surface area (Å²) in [5.41, 5.74) is 3.56. The van der Waals surface area contributed by atoms with E-state index in [4.69, 9.17) is 4.74 Å². The molecule has 108 valence electrons. The summed E-state index contributed by atoms with van der Waals surface area (Å²) < 4.78 is 14.0. The van der Waals surface area contributed by atoms with Crippen molar-refractivity contribution in [1.29, 1.82) is 0 Å². The van der Waals surface area contributed by atoms with E-state index >= 15 is 0 Å². The van der Waals surface area contributed by atoms with Gasteiger partial charge in [-0.3, -0.25) is 0 Å². The number of nitrogens with zero attached hydrogens (tertiary/aromatic N) is 2. The van der Waals surface area contributed by atoms with Crippen molar-refractivity contribution in [1.82, 2.24) is 7.96 Å². The first-order valence-electron chi connectivity index (χ1n) is 6.54. The number of nitrogens with one attached hydrogen (secondary N) is 1. The van der Waals surface area contributed by atoms with Crippen LogP contribution in [0.2, 0.25) is 0 Å². The molecular weight excluding hydrogens is 333 g/mol. The molecule has 1 atom stereocenters. The Morgan fingerprint density at radius 3 is 2.90 bits per heavy atom. The molecule has 0 aliphatic heterocycles. The standard InChI is InChI=1S/C15H15N3O2Se/c1-9(11-8-10(20-2)6-7-14(11)19)16-12-4-3-5-13-15(12)18-21-17-13/h3-9,16,19H,1-2H3. The van der Waals surface area contributed by atoms with Crippen molar-refractivity contribution in [2.45, 2.75) is 13.0 Å². The summed E-state index contributed by atoms with van der Waals surface area (Å²) in [6.45, 7) is 1.99. The van der Waals surface area contributed by atoms with Gasteiger partial charge < -0.3 is 0 Å². The number of methoxy groups -OCH3 is 1. The number of phenolic OH excluding ortho intramolecular Hbond substituents is 1. The van der Waals surface area contributed by atoms with Crippen molar-refractivity contribution >= 4 is 31.7 Å². The van der Waals surface area contributed by atoms with Crippen molar-refractivity contribution in [3.05, 3.63) is 42.0 Å². The molecule has 0 spiro atoms. The van der Waals surface area contributed by atoms with Crippen LogP contribution in [0.5, 0.6) is 11.5 Å². The van der Waals surface area contributed by atoms with Crippen LogP contribution in [0, 0.1) is 0 Å². The molecule has 2 aromatic carbocycles. The van der Waals surface area contributed by atoms with Crippen LogP contribution in [0.25, 0.3) is 11.0 Å².